The highest BCUT2D eigenvalue weighted by molar-refractivity contribution is 5.76. The summed E-state index contributed by atoms with van der Waals surface area (Å²) in [6, 6.07) is 0. The van der Waals surface area contributed by atoms with Gasteiger partial charge in [-0.1, -0.05) is 47.5 Å². The summed E-state index contributed by atoms with van der Waals surface area (Å²) in [5.41, 5.74) is -0.534. The van der Waals surface area contributed by atoms with Crippen LogP contribution in [0.3, 0.4) is 0 Å². The zero-order valence-corrected chi connectivity index (χ0v) is 17.0. The Morgan fingerprint density at radius 2 is 1.77 bits per heavy atom. The van der Waals surface area contributed by atoms with Gasteiger partial charge in [-0.3, -0.25) is 19.6 Å². The molecule has 152 valence electrons. The van der Waals surface area contributed by atoms with Gasteiger partial charge in [0, 0.05) is 13.0 Å². The fourth-order valence-electron chi connectivity index (χ4n) is 2.76. The van der Waals surface area contributed by atoms with Gasteiger partial charge in [-0.25, -0.2) is 5.06 Å². The second-order valence-electron chi connectivity index (χ2n) is 7.50. The molecule has 2 amide bonds. The van der Waals surface area contributed by atoms with Crippen molar-refractivity contribution in [3.63, 3.8) is 0 Å². The number of esters is 1. The van der Waals surface area contributed by atoms with E-state index in [9.17, 15) is 19.6 Å². The Bertz CT molecular complexity index is 436. The molecule has 0 rings (SSSR count). The molecule has 0 atom stereocenters. The van der Waals surface area contributed by atoms with Gasteiger partial charge in [0.15, 0.2) is 0 Å². The molecule has 7 heteroatoms. The van der Waals surface area contributed by atoms with Crippen molar-refractivity contribution in [3.05, 3.63) is 0 Å². The van der Waals surface area contributed by atoms with Crippen LogP contribution in [0.25, 0.3) is 0 Å². The van der Waals surface area contributed by atoms with Crippen molar-refractivity contribution in [2.45, 2.75) is 85.7 Å². The number of carbonyl (C=O) groups is 3. The van der Waals surface area contributed by atoms with Crippen LogP contribution >= 0.6 is 0 Å². The van der Waals surface area contributed by atoms with Crippen molar-refractivity contribution in [1.29, 1.82) is 0 Å². The number of nitrogens with zero attached hydrogens (tertiary/aromatic N) is 2. The molecule has 0 unspecified atom stereocenters. The van der Waals surface area contributed by atoms with Gasteiger partial charge in [-0.15, -0.1) is 0 Å². The lowest BCUT2D eigenvalue weighted by Gasteiger charge is -2.33. The van der Waals surface area contributed by atoms with Gasteiger partial charge >= 0.3 is 5.97 Å². The van der Waals surface area contributed by atoms with E-state index in [0.29, 0.717) is 11.5 Å². The minimum atomic E-state index is -0.534. The average molecular weight is 373 g/mol. The van der Waals surface area contributed by atoms with Crippen molar-refractivity contribution < 1.29 is 24.3 Å². The number of unbranched alkanes of at least 4 members (excludes halogenated alkanes) is 2. The molecule has 0 aromatic carbocycles. The zero-order valence-electron chi connectivity index (χ0n) is 17.0. The van der Waals surface area contributed by atoms with Crippen molar-refractivity contribution in [2.75, 3.05) is 13.2 Å². The highest BCUT2D eigenvalue weighted by Gasteiger charge is 2.29. The molecular weight excluding hydrogens is 336 g/mol. The Morgan fingerprint density at radius 1 is 1.15 bits per heavy atom. The Morgan fingerprint density at radius 3 is 2.27 bits per heavy atom. The lowest BCUT2D eigenvalue weighted by Crippen LogP contribution is -2.45. The molecular formula is C19H36N2O5. The Kier molecular flexibility index (Phi) is 11.9. The molecule has 26 heavy (non-hydrogen) atoms. The summed E-state index contributed by atoms with van der Waals surface area (Å²) in [4.78, 5) is 36.8. The summed E-state index contributed by atoms with van der Waals surface area (Å²) in [6.07, 6.45) is 4.93. The number of amides is 2. The summed E-state index contributed by atoms with van der Waals surface area (Å²) in [6.45, 7) is 9.78. The summed E-state index contributed by atoms with van der Waals surface area (Å²) in [5, 5.41) is 9.93. The largest absolute Gasteiger partial charge is 0.462 e. The lowest BCUT2D eigenvalue weighted by molar-refractivity contribution is -0.167. The second kappa shape index (κ2) is 12.7. The van der Waals surface area contributed by atoms with E-state index in [1.54, 1.807) is 0 Å². The van der Waals surface area contributed by atoms with Gasteiger partial charge in [0.05, 0.1) is 6.42 Å². The average Bonchev–Trinajstić information content (AvgIpc) is 2.58. The molecule has 7 nitrogen and oxygen atoms in total. The molecule has 0 radical (unpaired) electrons. The predicted octanol–water partition coefficient (Wildman–Crippen LogP) is 3.35. The van der Waals surface area contributed by atoms with E-state index < -0.39 is 5.41 Å². The first-order chi connectivity index (χ1) is 12.2. The first-order valence-electron chi connectivity index (χ1n) is 9.57. The van der Waals surface area contributed by atoms with Gasteiger partial charge in [0.2, 0.25) is 12.3 Å². The normalized spacial score (nSPS) is 11.3. The van der Waals surface area contributed by atoms with E-state index >= 15 is 0 Å². The maximum atomic E-state index is 12.5. The number of carbonyl (C=O) groups excluding carboxylic acids is 3. The molecule has 1 N–H and O–H groups in total. The first-order valence-corrected chi connectivity index (χ1v) is 9.57. The van der Waals surface area contributed by atoms with E-state index in [4.69, 9.17) is 4.74 Å². The monoisotopic (exact) mass is 372 g/mol. The quantitative estimate of drug-likeness (QED) is 0.126. The Hall–Kier alpha value is -1.63. The maximum Gasteiger partial charge on any atom is 0.306 e. The van der Waals surface area contributed by atoms with Crippen LogP contribution in [0.2, 0.25) is 0 Å². The summed E-state index contributed by atoms with van der Waals surface area (Å²) < 4.78 is 5.45. The van der Waals surface area contributed by atoms with E-state index in [1.165, 1.54) is 4.90 Å². The summed E-state index contributed by atoms with van der Waals surface area (Å²) >= 11 is 0. The fourth-order valence-corrected chi connectivity index (χ4v) is 2.76. The lowest BCUT2D eigenvalue weighted by atomic mass is 9.88. The van der Waals surface area contributed by atoms with Gasteiger partial charge in [-0.05, 0) is 24.7 Å². The molecule has 0 aliphatic carbocycles. The number of hydrogen-bond donors (Lipinski definition) is 1. The minimum absolute atomic E-state index is 0.0897. The number of hydroxylamine groups is 2. The number of hydrogen-bond acceptors (Lipinski definition) is 5. The van der Waals surface area contributed by atoms with Crippen LogP contribution in [-0.4, -0.2) is 52.8 Å². The van der Waals surface area contributed by atoms with Crippen LogP contribution in [0.4, 0.5) is 0 Å². The number of rotatable bonds is 14. The van der Waals surface area contributed by atoms with Crippen LogP contribution in [0, 0.1) is 5.41 Å². The van der Waals surface area contributed by atoms with Crippen LogP contribution in [-0.2, 0) is 19.1 Å². The van der Waals surface area contributed by atoms with Crippen molar-refractivity contribution in [3.8, 4) is 0 Å². The predicted molar refractivity (Wildman–Crippen MR) is 99.3 cm³/mol. The van der Waals surface area contributed by atoms with E-state index in [1.807, 2.05) is 27.7 Å². The fraction of sp³-hybridized carbons (Fsp3) is 0.842. The highest BCUT2D eigenvalue weighted by atomic mass is 16.5. The Balaban J connectivity index is 4.88. The van der Waals surface area contributed by atoms with Gasteiger partial charge in [0.1, 0.15) is 12.8 Å². The molecule has 0 aliphatic heterocycles. The van der Waals surface area contributed by atoms with E-state index in [-0.39, 0.29) is 44.0 Å². The van der Waals surface area contributed by atoms with Gasteiger partial charge in [-0.2, -0.15) is 0 Å². The van der Waals surface area contributed by atoms with Crippen molar-refractivity contribution in [2.24, 2.45) is 5.41 Å². The Labute approximate surface area is 157 Å². The highest BCUT2D eigenvalue weighted by Crippen LogP contribution is 2.24. The zero-order chi connectivity index (χ0) is 20.2. The first kappa shape index (κ1) is 24.4. The molecule has 0 spiro atoms. The third kappa shape index (κ3) is 10.4. The van der Waals surface area contributed by atoms with Gasteiger partial charge in [0.25, 0.3) is 0 Å². The van der Waals surface area contributed by atoms with Crippen molar-refractivity contribution in [1.82, 2.24) is 9.96 Å². The van der Waals surface area contributed by atoms with Crippen molar-refractivity contribution >= 4 is 18.3 Å². The molecule has 0 fully saturated rings. The summed E-state index contributed by atoms with van der Waals surface area (Å²) in [7, 11) is 0. The standard InChI is InChI=1S/C19H36N2O5/c1-6-9-10-11-17(23)20(14-21(25)15-22)13-19(4,5)12-18(24)26-16(7-2)8-3/h15-16,25H,6-14H2,1-5H3. The third-order valence-electron chi connectivity index (χ3n) is 4.23. The molecule has 0 saturated heterocycles. The second-order valence-corrected chi connectivity index (χ2v) is 7.50. The molecule has 0 aliphatic rings. The van der Waals surface area contributed by atoms with Crippen LogP contribution in [0.5, 0.6) is 0 Å². The molecule has 0 aromatic rings. The van der Waals surface area contributed by atoms with E-state index in [0.717, 1.165) is 32.1 Å². The molecule has 0 heterocycles. The molecule has 0 aromatic heterocycles. The topological polar surface area (TPSA) is 87.2 Å². The molecule has 0 saturated carbocycles. The van der Waals surface area contributed by atoms with Crippen LogP contribution < -0.4 is 0 Å². The van der Waals surface area contributed by atoms with Gasteiger partial charge < -0.3 is 9.64 Å². The summed E-state index contributed by atoms with van der Waals surface area (Å²) in [5.74, 6) is -0.431. The SMILES string of the molecule is CCCCCC(=O)N(CN(O)C=O)CC(C)(C)CC(=O)OC(CC)CC. The minimum Gasteiger partial charge on any atom is -0.462 e. The smallest absolute Gasteiger partial charge is 0.306 e. The van der Waals surface area contributed by atoms with Crippen LogP contribution in [0.15, 0.2) is 0 Å². The molecule has 0 bridgehead atoms. The maximum absolute atomic E-state index is 12.5. The number of ether oxygens (including phenoxy) is 1. The van der Waals surface area contributed by atoms with Crippen LogP contribution in [0.1, 0.15) is 79.6 Å². The third-order valence-corrected chi connectivity index (χ3v) is 4.23. The van der Waals surface area contributed by atoms with E-state index in [2.05, 4.69) is 6.92 Å².